The number of anilines is 3. The Bertz CT molecular complexity index is 942. The summed E-state index contributed by atoms with van der Waals surface area (Å²) < 4.78 is 0. The maximum absolute atomic E-state index is 12.7. The van der Waals surface area contributed by atoms with E-state index in [4.69, 9.17) is 5.26 Å². The van der Waals surface area contributed by atoms with E-state index in [0.29, 0.717) is 12.0 Å². The van der Waals surface area contributed by atoms with Crippen LogP contribution >= 0.6 is 0 Å². The normalized spacial score (nSPS) is 17.3. The molecule has 148 valence electrons. The lowest BCUT2D eigenvalue weighted by Crippen LogP contribution is -2.38. The molecular formula is C22H23N5O2. The van der Waals surface area contributed by atoms with Crippen molar-refractivity contribution in [3.63, 3.8) is 0 Å². The van der Waals surface area contributed by atoms with Crippen molar-refractivity contribution in [2.75, 3.05) is 34.8 Å². The number of benzene rings is 1. The molecule has 29 heavy (non-hydrogen) atoms. The van der Waals surface area contributed by atoms with Gasteiger partial charge in [0.15, 0.2) is 0 Å². The van der Waals surface area contributed by atoms with Crippen molar-refractivity contribution in [2.24, 2.45) is 5.92 Å². The summed E-state index contributed by atoms with van der Waals surface area (Å²) in [6, 6.07) is 13.2. The summed E-state index contributed by atoms with van der Waals surface area (Å²) in [5, 5.41) is 11.9. The van der Waals surface area contributed by atoms with E-state index in [1.165, 1.54) is 0 Å². The molecule has 2 aromatic rings. The molecule has 2 aliphatic heterocycles. The molecule has 0 radical (unpaired) electrons. The van der Waals surface area contributed by atoms with E-state index in [-0.39, 0.29) is 17.7 Å². The predicted molar refractivity (Wildman–Crippen MR) is 111 cm³/mol. The van der Waals surface area contributed by atoms with Gasteiger partial charge >= 0.3 is 0 Å². The Morgan fingerprint density at radius 2 is 2.00 bits per heavy atom. The molecule has 7 heteroatoms. The SMILES string of the molecule is N#Cc1ccc(N2CCC(C(=O)Nc3cccc(N4CCCC4=O)c3)CC2)nc1. The topological polar surface area (TPSA) is 89.3 Å². The Hall–Kier alpha value is -3.40. The number of piperidine rings is 1. The van der Waals surface area contributed by atoms with Crippen LogP contribution < -0.4 is 15.1 Å². The van der Waals surface area contributed by atoms with Gasteiger partial charge in [0.25, 0.3) is 0 Å². The first-order valence-corrected chi connectivity index (χ1v) is 9.96. The van der Waals surface area contributed by atoms with E-state index < -0.39 is 0 Å². The fourth-order valence-corrected chi connectivity index (χ4v) is 3.93. The van der Waals surface area contributed by atoms with Crippen LogP contribution in [0.15, 0.2) is 42.6 Å². The van der Waals surface area contributed by atoms with Gasteiger partial charge in [0.1, 0.15) is 11.9 Å². The number of aromatic nitrogens is 1. The van der Waals surface area contributed by atoms with Crippen LogP contribution in [0.5, 0.6) is 0 Å². The summed E-state index contributed by atoms with van der Waals surface area (Å²) in [6.45, 7) is 2.23. The van der Waals surface area contributed by atoms with E-state index in [1.54, 1.807) is 17.2 Å². The van der Waals surface area contributed by atoms with Crippen LogP contribution in [0.25, 0.3) is 0 Å². The van der Waals surface area contributed by atoms with Crippen molar-refractivity contribution in [3.05, 3.63) is 48.2 Å². The molecule has 1 N–H and O–H groups in total. The van der Waals surface area contributed by atoms with Gasteiger partial charge in [-0.25, -0.2) is 4.98 Å². The van der Waals surface area contributed by atoms with E-state index in [0.717, 1.165) is 56.1 Å². The van der Waals surface area contributed by atoms with E-state index in [2.05, 4.69) is 21.3 Å². The highest BCUT2D eigenvalue weighted by molar-refractivity contribution is 5.97. The molecule has 2 amide bonds. The monoisotopic (exact) mass is 389 g/mol. The number of pyridine rings is 1. The first-order chi connectivity index (χ1) is 14.1. The highest BCUT2D eigenvalue weighted by atomic mass is 16.2. The zero-order chi connectivity index (χ0) is 20.2. The predicted octanol–water partition coefficient (Wildman–Crippen LogP) is 2.94. The third kappa shape index (κ3) is 4.21. The Labute approximate surface area is 169 Å². The second-order valence-electron chi connectivity index (χ2n) is 7.47. The molecule has 0 spiro atoms. The zero-order valence-electron chi connectivity index (χ0n) is 16.2. The van der Waals surface area contributed by atoms with Crippen molar-refractivity contribution in [1.82, 2.24) is 4.98 Å². The number of hydrogen-bond acceptors (Lipinski definition) is 5. The van der Waals surface area contributed by atoms with Crippen LogP contribution in [0.3, 0.4) is 0 Å². The molecule has 1 aromatic carbocycles. The lowest BCUT2D eigenvalue weighted by Gasteiger charge is -2.32. The highest BCUT2D eigenvalue weighted by Gasteiger charge is 2.26. The molecule has 4 rings (SSSR count). The average Bonchev–Trinajstić information content (AvgIpc) is 3.20. The molecule has 1 aromatic heterocycles. The molecule has 0 atom stereocenters. The van der Waals surface area contributed by atoms with Crippen LogP contribution in [0.1, 0.15) is 31.2 Å². The van der Waals surface area contributed by atoms with Gasteiger partial charge in [-0.1, -0.05) is 6.07 Å². The van der Waals surface area contributed by atoms with Crippen molar-refractivity contribution in [1.29, 1.82) is 5.26 Å². The van der Waals surface area contributed by atoms with Crippen LogP contribution in [0, 0.1) is 17.2 Å². The van der Waals surface area contributed by atoms with Gasteiger partial charge in [0.2, 0.25) is 11.8 Å². The lowest BCUT2D eigenvalue weighted by molar-refractivity contribution is -0.120. The summed E-state index contributed by atoms with van der Waals surface area (Å²) in [5.74, 6) is 0.937. The summed E-state index contributed by atoms with van der Waals surface area (Å²) in [5.41, 5.74) is 2.11. The number of amides is 2. The molecule has 0 unspecified atom stereocenters. The number of rotatable bonds is 4. The van der Waals surface area contributed by atoms with Crippen molar-refractivity contribution in [2.45, 2.75) is 25.7 Å². The van der Waals surface area contributed by atoms with Gasteiger partial charge in [0, 0.05) is 49.5 Å². The maximum atomic E-state index is 12.7. The number of carbonyl (C=O) groups excluding carboxylic acids is 2. The Kier molecular flexibility index (Phi) is 5.43. The summed E-state index contributed by atoms with van der Waals surface area (Å²) >= 11 is 0. The van der Waals surface area contributed by atoms with Crippen LogP contribution in [0.4, 0.5) is 17.2 Å². The standard InChI is InChI=1S/C22H23N5O2/c23-14-16-6-7-20(24-15-16)26-11-8-17(9-12-26)22(29)25-18-3-1-4-19(13-18)27-10-2-5-21(27)28/h1,3-4,6-7,13,15,17H,2,5,8-12H2,(H,25,29). The third-order valence-corrected chi connectivity index (χ3v) is 5.57. The molecule has 0 bridgehead atoms. The molecule has 0 aliphatic carbocycles. The van der Waals surface area contributed by atoms with Crippen molar-refractivity contribution in [3.8, 4) is 6.07 Å². The van der Waals surface area contributed by atoms with Gasteiger partial charge in [0.05, 0.1) is 5.56 Å². The van der Waals surface area contributed by atoms with Gasteiger partial charge in [-0.2, -0.15) is 5.26 Å². The third-order valence-electron chi connectivity index (χ3n) is 5.57. The van der Waals surface area contributed by atoms with E-state index in [9.17, 15) is 9.59 Å². The van der Waals surface area contributed by atoms with Gasteiger partial charge in [-0.15, -0.1) is 0 Å². The fourth-order valence-electron chi connectivity index (χ4n) is 3.93. The van der Waals surface area contributed by atoms with Gasteiger partial charge in [-0.05, 0) is 49.6 Å². The molecule has 2 fully saturated rings. The minimum atomic E-state index is -0.0540. The van der Waals surface area contributed by atoms with Gasteiger partial charge < -0.3 is 15.1 Å². The quantitative estimate of drug-likeness (QED) is 0.868. The molecular weight excluding hydrogens is 366 g/mol. The molecule has 2 saturated heterocycles. The van der Waals surface area contributed by atoms with Crippen molar-refractivity contribution >= 4 is 29.0 Å². The zero-order valence-corrected chi connectivity index (χ0v) is 16.2. The number of carbonyl (C=O) groups is 2. The highest BCUT2D eigenvalue weighted by Crippen LogP contribution is 2.26. The summed E-state index contributed by atoms with van der Waals surface area (Å²) in [7, 11) is 0. The van der Waals surface area contributed by atoms with Crippen LogP contribution in [-0.2, 0) is 9.59 Å². The fraction of sp³-hybridized carbons (Fsp3) is 0.364. The number of hydrogen-bond donors (Lipinski definition) is 1. The van der Waals surface area contributed by atoms with Crippen LogP contribution in [-0.4, -0.2) is 36.4 Å². The second kappa shape index (κ2) is 8.31. The summed E-state index contributed by atoms with van der Waals surface area (Å²) in [4.78, 5) is 32.9. The molecule has 7 nitrogen and oxygen atoms in total. The first-order valence-electron chi connectivity index (χ1n) is 9.96. The number of nitrogens with zero attached hydrogens (tertiary/aromatic N) is 4. The largest absolute Gasteiger partial charge is 0.357 e. The first kappa shape index (κ1) is 18.9. The lowest BCUT2D eigenvalue weighted by atomic mass is 9.95. The van der Waals surface area contributed by atoms with Gasteiger partial charge in [-0.3, -0.25) is 9.59 Å². The van der Waals surface area contributed by atoms with E-state index >= 15 is 0 Å². The number of nitriles is 1. The Morgan fingerprint density at radius 1 is 1.17 bits per heavy atom. The number of nitrogens with one attached hydrogen (secondary N) is 1. The Balaban J connectivity index is 1.34. The average molecular weight is 389 g/mol. The maximum Gasteiger partial charge on any atom is 0.227 e. The minimum absolute atomic E-state index is 0.0161. The minimum Gasteiger partial charge on any atom is -0.357 e. The molecule has 0 saturated carbocycles. The van der Waals surface area contributed by atoms with Crippen molar-refractivity contribution < 1.29 is 9.59 Å². The van der Waals surface area contributed by atoms with Crippen LogP contribution in [0.2, 0.25) is 0 Å². The molecule has 2 aliphatic rings. The summed E-state index contributed by atoms with van der Waals surface area (Å²) in [6.07, 6.45) is 4.53. The Morgan fingerprint density at radius 3 is 2.66 bits per heavy atom. The second-order valence-corrected chi connectivity index (χ2v) is 7.47. The molecule has 3 heterocycles. The van der Waals surface area contributed by atoms with E-state index in [1.807, 2.05) is 30.3 Å². The smallest absolute Gasteiger partial charge is 0.227 e.